The summed E-state index contributed by atoms with van der Waals surface area (Å²) in [6.07, 6.45) is 3.58. The van der Waals surface area contributed by atoms with Crippen molar-refractivity contribution in [1.82, 2.24) is 5.32 Å². The Hall–Kier alpha value is -0.970. The molecule has 0 bridgehead atoms. The Morgan fingerprint density at radius 3 is 2.58 bits per heavy atom. The zero-order valence-electron chi connectivity index (χ0n) is 10.6. The van der Waals surface area contributed by atoms with Gasteiger partial charge in [0, 0.05) is 18.8 Å². The molecule has 0 spiro atoms. The highest BCUT2D eigenvalue weighted by molar-refractivity contribution is 6.44. The third-order valence-electron chi connectivity index (χ3n) is 2.67. The number of amides is 1. The van der Waals surface area contributed by atoms with Gasteiger partial charge in [0.25, 0.3) is 5.91 Å². The van der Waals surface area contributed by atoms with Crippen molar-refractivity contribution < 1.29 is 9.90 Å². The fourth-order valence-corrected chi connectivity index (χ4v) is 2.09. The molecule has 0 heterocycles. The maximum Gasteiger partial charge on any atom is 0.252 e. The number of carbonyl (C=O) groups excluding carboxylic acids is 1. The molecule has 0 radical (unpaired) electrons. The maximum absolute atomic E-state index is 11.9. The van der Waals surface area contributed by atoms with E-state index in [1.807, 2.05) is 0 Å². The van der Waals surface area contributed by atoms with Crippen molar-refractivity contribution in [2.45, 2.75) is 25.7 Å². The fraction of sp³-hybridized carbons (Fsp3) is 0.462. The van der Waals surface area contributed by atoms with E-state index in [4.69, 9.17) is 34.0 Å². The predicted octanol–water partition coefficient (Wildman–Crippen LogP) is 2.86. The molecule has 1 aromatic carbocycles. The highest BCUT2D eigenvalue weighted by Gasteiger charge is 2.13. The molecule has 0 aromatic heterocycles. The zero-order chi connectivity index (χ0) is 14.3. The summed E-state index contributed by atoms with van der Waals surface area (Å²) in [5.41, 5.74) is 6.33. The molecular formula is C13H18Cl2N2O2. The summed E-state index contributed by atoms with van der Waals surface area (Å²) in [6.45, 7) is 0.775. The van der Waals surface area contributed by atoms with Crippen molar-refractivity contribution in [2.24, 2.45) is 0 Å². The number of nitrogens with one attached hydrogen (secondary N) is 1. The largest absolute Gasteiger partial charge is 0.399 e. The number of aliphatic hydroxyl groups is 1. The van der Waals surface area contributed by atoms with Crippen molar-refractivity contribution in [3.8, 4) is 0 Å². The maximum atomic E-state index is 11.9. The van der Waals surface area contributed by atoms with Gasteiger partial charge in [-0.05, 0) is 25.0 Å². The van der Waals surface area contributed by atoms with Gasteiger partial charge in [0.2, 0.25) is 0 Å². The highest BCUT2D eigenvalue weighted by atomic mass is 35.5. The zero-order valence-corrected chi connectivity index (χ0v) is 12.1. The Labute approximate surface area is 122 Å². The van der Waals surface area contributed by atoms with Gasteiger partial charge in [-0.1, -0.05) is 36.0 Å². The van der Waals surface area contributed by atoms with Crippen molar-refractivity contribution in [2.75, 3.05) is 18.9 Å². The molecule has 106 valence electrons. The molecule has 0 unspecified atom stereocenters. The molecule has 19 heavy (non-hydrogen) atoms. The summed E-state index contributed by atoms with van der Waals surface area (Å²) in [5.74, 6) is -0.277. The van der Waals surface area contributed by atoms with Crippen LogP contribution in [0, 0.1) is 0 Å². The van der Waals surface area contributed by atoms with Crippen LogP contribution >= 0.6 is 23.2 Å². The average molecular weight is 305 g/mol. The molecule has 4 nitrogen and oxygen atoms in total. The smallest absolute Gasteiger partial charge is 0.252 e. The summed E-state index contributed by atoms with van der Waals surface area (Å²) < 4.78 is 0. The third-order valence-corrected chi connectivity index (χ3v) is 3.47. The molecule has 0 saturated heterocycles. The third kappa shape index (κ3) is 5.27. The molecule has 1 rings (SSSR count). The Kier molecular flexibility index (Phi) is 6.99. The lowest BCUT2D eigenvalue weighted by molar-refractivity contribution is 0.0953. The van der Waals surface area contributed by atoms with Gasteiger partial charge in [0.15, 0.2) is 0 Å². The van der Waals surface area contributed by atoms with E-state index >= 15 is 0 Å². The molecule has 0 aliphatic rings. The number of rotatable bonds is 7. The first kappa shape index (κ1) is 16.1. The Balaban J connectivity index is 2.46. The number of hydrogen-bond donors (Lipinski definition) is 3. The van der Waals surface area contributed by atoms with Gasteiger partial charge >= 0.3 is 0 Å². The minimum atomic E-state index is -0.277. The molecule has 0 fully saturated rings. The molecule has 0 atom stereocenters. The SMILES string of the molecule is Nc1cc(Cl)c(Cl)c(C(=O)NCCCCCCO)c1. The molecule has 0 aliphatic carbocycles. The lowest BCUT2D eigenvalue weighted by Gasteiger charge is -2.08. The van der Waals surface area contributed by atoms with Gasteiger partial charge in [-0.2, -0.15) is 0 Å². The van der Waals surface area contributed by atoms with E-state index in [-0.39, 0.29) is 22.6 Å². The average Bonchev–Trinajstić information content (AvgIpc) is 2.37. The van der Waals surface area contributed by atoms with Gasteiger partial charge in [-0.15, -0.1) is 0 Å². The van der Waals surface area contributed by atoms with E-state index in [0.29, 0.717) is 17.8 Å². The van der Waals surface area contributed by atoms with Gasteiger partial charge < -0.3 is 16.2 Å². The molecule has 1 amide bonds. The van der Waals surface area contributed by atoms with Gasteiger partial charge in [-0.3, -0.25) is 4.79 Å². The highest BCUT2D eigenvalue weighted by Crippen LogP contribution is 2.28. The molecule has 0 aliphatic heterocycles. The van der Waals surface area contributed by atoms with Crippen LogP contribution in [-0.4, -0.2) is 24.2 Å². The number of aliphatic hydroxyl groups excluding tert-OH is 1. The van der Waals surface area contributed by atoms with Crippen molar-refractivity contribution in [1.29, 1.82) is 0 Å². The van der Waals surface area contributed by atoms with E-state index in [1.165, 1.54) is 12.1 Å². The van der Waals surface area contributed by atoms with Crippen LogP contribution in [0.15, 0.2) is 12.1 Å². The van der Waals surface area contributed by atoms with Crippen LogP contribution in [0.4, 0.5) is 5.69 Å². The van der Waals surface area contributed by atoms with Crippen molar-refractivity contribution >= 4 is 34.8 Å². The lowest BCUT2D eigenvalue weighted by atomic mass is 10.1. The molecule has 0 saturated carbocycles. The second-order valence-electron chi connectivity index (χ2n) is 4.26. The monoisotopic (exact) mass is 304 g/mol. The van der Waals surface area contributed by atoms with Crippen molar-refractivity contribution in [3.63, 3.8) is 0 Å². The van der Waals surface area contributed by atoms with Gasteiger partial charge in [0.1, 0.15) is 0 Å². The van der Waals surface area contributed by atoms with Crippen LogP contribution in [0.5, 0.6) is 0 Å². The van der Waals surface area contributed by atoms with Crippen LogP contribution in [0.2, 0.25) is 10.0 Å². The Morgan fingerprint density at radius 1 is 1.21 bits per heavy atom. The minimum absolute atomic E-state index is 0.212. The van der Waals surface area contributed by atoms with E-state index < -0.39 is 0 Å². The number of benzene rings is 1. The number of hydrogen-bond acceptors (Lipinski definition) is 3. The van der Waals surface area contributed by atoms with E-state index in [1.54, 1.807) is 0 Å². The minimum Gasteiger partial charge on any atom is -0.399 e. The Morgan fingerprint density at radius 2 is 1.89 bits per heavy atom. The predicted molar refractivity (Wildman–Crippen MR) is 78.8 cm³/mol. The van der Waals surface area contributed by atoms with Crippen LogP contribution in [0.1, 0.15) is 36.0 Å². The topological polar surface area (TPSA) is 75.4 Å². The van der Waals surface area contributed by atoms with Gasteiger partial charge in [-0.25, -0.2) is 0 Å². The molecule has 4 N–H and O–H groups in total. The van der Waals surface area contributed by atoms with Gasteiger partial charge in [0.05, 0.1) is 15.6 Å². The Bertz CT molecular complexity index is 439. The number of nitrogen functional groups attached to an aromatic ring is 1. The second-order valence-corrected chi connectivity index (χ2v) is 5.04. The summed E-state index contributed by atoms with van der Waals surface area (Å²) in [7, 11) is 0. The molecule has 1 aromatic rings. The lowest BCUT2D eigenvalue weighted by Crippen LogP contribution is -2.25. The normalized spacial score (nSPS) is 10.5. The quantitative estimate of drug-likeness (QED) is 0.535. The van der Waals surface area contributed by atoms with Crippen LogP contribution in [0.25, 0.3) is 0 Å². The van der Waals surface area contributed by atoms with Crippen LogP contribution < -0.4 is 11.1 Å². The van der Waals surface area contributed by atoms with Crippen LogP contribution in [0.3, 0.4) is 0 Å². The van der Waals surface area contributed by atoms with E-state index in [9.17, 15) is 4.79 Å². The fourth-order valence-electron chi connectivity index (χ4n) is 1.66. The number of halogens is 2. The number of anilines is 1. The summed E-state index contributed by atoms with van der Waals surface area (Å²) in [4.78, 5) is 11.9. The summed E-state index contributed by atoms with van der Waals surface area (Å²) in [5, 5.41) is 11.9. The molecule has 6 heteroatoms. The molecular weight excluding hydrogens is 287 g/mol. The van der Waals surface area contributed by atoms with E-state index in [2.05, 4.69) is 5.32 Å². The standard InChI is InChI=1S/C13H18Cl2N2O2/c14-11-8-9(16)7-10(12(11)15)13(19)17-5-3-1-2-4-6-18/h7-8,18H,1-6,16H2,(H,17,19). The first-order valence-electron chi connectivity index (χ1n) is 6.20. The first-order valence-corrected chi connectivity index (χ1v) is 6.95. The van der Waals surface area contributed by atoms with E-state index in [0.717, 1.165) is 25.7 Å². The summed E-state index contributed by atoms with van der Waals surface area (Å²) >= 11 is 11.8. The number of nitrogens with two attached hydrogens (primary N) is 1. The van der Waals surface area contributed by atoms with Crippen LogP contribution in [-0.2, 0) is 0 Å². The summed E-state index contributed by atoms with van der Waals surface area (Å²) in [6, 6.07) is 3.02. The number of unbranched alkanes of at least 4 members (excludes halogenated alkanes) is 3. The first-order chi connectivity index (χ1) is 9.06. The number of carbonyl (C=O) groups is 1. The van der Waals surface area contributed by atoms with Crippen molar-refractivity contribution in [3.05, 3.63) is 27.7 Å². The second kappa shape index (κ2) is 8.25.